The lowest BCUT2D eigenvalue weighted by Crippen LogP contribution is -2.07. The SMILES string of the molecule is C[C@@H](Oc1ccc(-c2ccn3nccc3c2F)c2ncnc(N)c12)c1ncn(C)n1. The van der Waals surface area contributed by atoms with Gasteiger partial charge >= 0.3 is 0 Å². The Morgan fingerprint density at radius 3 is 2.77 bits per heavy atom. The van der Waals surface area contributed by atoms with E-state index in [4.69, 9.17) is 10.5 Å². The molecule has 0 radical (unpaired) electrons. The highest BCUT2D eigenvalue weighted by Gasteiger charge is 2.20. The Hall–Kier alpha value is -4.08. The summed E-state index contributed by atoms with van der Waals surface area (Å²) in [6, 6.07) is 6.76. The summed E-state index contributed by atoms with van der Waals surface area (Å²) in [5.74, 6) is 0.845. The number of hydrogen-bond acceptors (Lipinski definition) is 7. The van der Waals surface area contributed by atoms with Crippen molar-refractivity contribution in [2.24, 2.45) is 7.05 Å². The Balaban J connectivity index is 1.66. The van der Waals surface area contributed by atoms with Gasteiger partial charge in [0.25, 0.3) is 0 Å². The van der Waals surface area contributed by atoms with E-state index in [-0.39, 0.29) is 5.82 Å². The first-order valence-electron chi connectivity index (χ1n) is 9.20. The van der Waals surface area contributed by atoms with Crippen molar-refractivity contribution < 1.29 is 9.13 Å². The third-order valence-electron chi connectivity index (χ3n) is 4.87. The molecule has 1 aromatic carbocycles. The van der Waals surface area contributed by atoms with Crippen LogP contribution in [0.3, 0.4) is 0 Å². The summed E-state index contributed by atoms with van der Waals surface area (Å²) < 4.78 is 24.3. The van der Waals surface area contributed by atoms with Gasteiger partial charge in [-0.3, -0.25) is 4.68 Å². The minimum Gasteiger partial charge on any atom is -0.482 e. The molecule has 1 atom stereocenters. The Morgan fingerprint density at radius 1 is 1.10 bits per heavy atom. The van der Waals surface area contributed by atoms with Crippen molar-refractivity contribution in [1.82, 2.24) is 34.3 Å². The van der Waals surface area contributed by atoms with Crippen LogP contribution in [-0.2, 0) is 7.05 Å². The van der Waals surface area contributed by atoms with Crippen molar-refractivity contribution >= 4 is 22.2 Å². The molecule has 0 aliphatic heterocycles. The van der Waals surface area contributed by atoms with E-state index in [1.165, 1.54) is 10.8 Å². The van der Waals surface area contributed by atoms with Crippen molar-refractivity contribution in [2.75, 3.05) is 5.73 Å². The van der Waals surface area contributed by atoms with Gasteiger partial charge in [-0.2, -0.15) is 10.2 Å². The number of nitrogens with two attached hydrogens (primary N) is 1. The maximum absolute atomic E-state index is 15.2. The van der Waals surface area contributed by atoms with Crippen molar-refractivity contribution in [3.63, 3.8) is 0 Å². The molecule has 0 bridgehead atoms. The van der Waals surface area contributed by atoms with Gasteiger partial charge < -0.3 is 10.5 Å². The number of fused-ring (bicyclic) bond motifs is 2. The van der Waals surface area contributed by atoms with Crippen molar-refractivity contribution in [3.8, 4) is 16.9 Å². The fraction of sp³-hybridized carbons (Fsp3) is 0.150. The van der Waals surface area contributed by atoms with Gasteiger partial charge in [-0.1, -0.05) is 0 Å². The van der Waals surface area contributed by atoms with Crippen LogP contribution in [-0.4, -0.2) is 34.3 Å². The Kier molecular flexibility index (Phi) is 4.05. The molecule has 9 nitrogen and oxygen atoms in total. The number of aryl methyl sites for hydroxylation is 1. The molecular formula is C20H17FN8O. The smallest absolute Gasteiger partial charge is 0.191 e. The second-order valence-corrected chi connectivity index (χ2v) is 6.83. The quantitative estimate of drug-likeness (QED) is 0.490. The summed E-state index contributed by atoms with van der Waals surface area (Å²) >= 11 is 0. The van der Waals surface area contributed by atoms with E-state index >= 15 is 4.39 Å². The highest BCUT2D eigenvalue weighted by atomic mass is 19.1. The molecule has 0 aliphatic rings. The zero-order valence-corrected chi connectivity index (χ0v) is 16.2. The second kappa shape index (κ2) is 6.76. The molecule has 0 saturated carbocycles. The molecule has 0 saturated heterocycles. The molecular weight excluding hydrogens is 387 g/mol. The number of nitrogen functional groups attached to an aromatic ring is 1. The molecule has 0 fully saturated rings. The summed E-state index contributed by atoms with van der Waals surface area (Å²) in [7, 11) is 1.78. The molecule has 10 heteroatoms. The van der Waals surface area contributed by atoms with E-state index in [0.29, 0.717) is 39.1 Å². The number of ether oxygens (including phenoxy) is 1. The molecule has 5 aromatic rings. The molecule has 5 rings (SSSR count). The van der Waals surface area contributed by atoms with E-state index in [9.17, 15) is 0 Å². The van der Waals surface area contributed by atoms with E-state index in [1.807, 2.05) is 6.92 Å². The summed E-state index contributed by atoms with van der Waals surface area (Å²) in [4.78, 5) is 12.7. The van der Waals surface area contributed by atoms with Crippen molar-refractivity contribution in [1.29, 1.82) is 0 Å². The molecule has 0 aliphatic carbocycles. The van der Waals surface area contributed by atoms with Crippen LogP contribution in [0.25, 0.3) is 27.5 Å². The predicted octanol–water partition coefficient (Wildman–Crippen LogP) is 2.93. The fourth-order valence-electron chi connectivity index (χ4n) is 3.44. The monoisotopic (exact) mass is 404 g/mol. The standard InChI is InChI=1S/C20H17FN8O/c1-11(20-25-10-28(2)27-20)30-15-4-3-13(18-16(15)19(22)24-9-23-18)12-6-8-29-14(17(12)21)5-7-26-29/h3-11H,1-2H3,(H2,22,23,24)/t11-/m1/s1. The van der Waals surface area contributed by atoms with Gasteiger partial charge in [-0.15, -0.1) is 0 Å². The van der Waals surface area contributed by atoms with Gasteiger partial charge in [0.15, 0.2) is 17.7 Å². The number of nitrogens with zero attached hydrogens (tertiary/aromatic N) is 7. The highest BCUT2D eigenvalue weighted by Crippen LogP contribution is 2.38. The summed E-state index contributed by atoms with van der Waals surface area (Å²) in [5, 5.41) is 8.84. The van der Waals surface area contributed by atoms with Gasteiger partial charge in [-0.25, -0.2) is 23.9 Å². The van der Waals surface area contributed by atoms with E-state index in [2.05, 4.69) is 25.1 Å². The van der Waals surface area contributed by atoms with Crippen LogP contribution in [0, 0.1) is 5.82 Å². The summed E-state index contributed by atoms with van der Waals surface area (Å²) in [6.07, 6.45) is 5.76. The third-order valence-corrected chi connectivity index (χ3v) is 4.87. The minimum absolute atomic E-state index is 0.240. The first-order valence-corrected chi connectivity index (χ1v) is 9.20. The number of halogens is 1. The molecule has 4 aromatic heterocycles. The molecule has 0 spiro atoms. The van der Waals surface area contributed by atoms with Gasteiger partial charge in [0.05, 0.1) is 17.1 Å². The number of benzene rings is 1. The van der Waals surface area contributed by atoms with Crippen LogP contribution in [0.5, 0.6) is 5.75 Å². The maximum Gasteiger partial charge on any atom is 0.191 e. The van der Waals surface area contributed by atoms with Crippen LogP contribution in [0.4, 0.5) is 10.2 Å². The average Bonchev–Trinajstić information content (AvgIpc) is 3.38. The zero-order valence-electron chi connectivity index (χ0n) is 16.2. The number of pyridine rings is 1. The van der Waals surface area contributed by atoms with E-state index in [0.717, 1.165) is 0 Å². The first kappa shape index (κ1) is 18.0. The average molecular weight is 404 g/mol. The lowest BCUT2D eigenvalue weighted by atomic mass is 10.0. The zero-order chi connectivity index (χ0) is 20.8. The number of hydrogen-bond donors (Lipinski definition) is 1. The molecule has 4 heterocycles. The fourth-order valence-corrected chi connectivity index (χ4v) is 3.44. The third kappa shape index (κ3) is 2.81. The second-order valence-electron chi connectivity index (χ2n) is 6.83. The number of anilines is 1. The van der Waals surface area contributed by atoms with Crippen LogP contribution >= 0.6 is 0 Å². The number of aromatic nitrogens is 7. The maximum atomic E-state index is 15.2. The van der Waals surface area contributed by atoms with Crippen LogP contribution < -0.4 is 10.5 Å². The summed E-state index contributed by atoms with van der Waals surface area (Å²) in [6.45, 7) is 1.84. The van der Waals surface area contributed by atoms with E-state index in [1.54, 1.807) is 54.7 Å². The van der Waals surface area contributed by atoms with Crippen LogP contribution in [0.1, 0.15) is 18.9 Å². The summed E-state index contributed by atoms with van der Waals surface area (Å²) in [5.41, 5.74) is 7.99. The highest BCUT2D eigenvalue weighted by molar-refractivity contribution is 6.02. The van der Waals surface area contributed by atoms with Gasteiger partial charge in [0, 0.05) is 24.4 Å². The molecule has 0 amide bonds. The van der Waals surface area contributed by atoms with Gasteiger partial charge in [0.2, 0.25) is 0 Å². The molecule has 30 heavy (non-hydrogen) atoms. The Morgan fingerprint density at radius 2 is 1.97 bits per heavy atom. The number of rotatable bonds is 4. The first-order chi connectivity index (χ1) is 14.5. The lowest BCUT2D eigenvalue weighted by molar-refractivity contribution is 0.219. The molecule has 0 unspecified atom stereocenters. The lowest BCUT2D eigenvalue weighted by Gasteiger charge is -2.16. The predicted molar refractivity (Wildman–Crippen MR) is 108 cm³/mol. The van der Waals surface area contributed by atoms with Crippen LogP contribution in [0.2, 0.25) is 0 Å². The van der Waals surface area contributed by atoms with Gasteiger partial charge in [-0.05, 0) is 31.2 Å². The molecule has 150 valence electrons. The Labute approximate surface area is 170 Å². The van der Waals surface area contributed by atoms with E-state index < -0.39 is 11.9 Å². The van der Waals surface area contributed by atoms with Crippen molar-refractivity contribution in [3.05, 3.63) is 61.0 Å². The normalized spacial score (nSPS) is 12.5. The van der Waals surface area contributed by atoms with Crippen LogP contribution in [0.15, 0.2) is 49.3 Å². The van der Waals surface area contributed by atoms with Gasteiger partial charge in [0.1, 0.15) is 29.7 Å². The largest absolute Gasteiger partial charge is 0.482 e. The van der Waals surface area contributed by atoms with Crippen molar-refractivity contribution in [2.45, 2.75) is 13.0 Å². The topological polar surface area (TPSA) is 109 Å². The minimum atomic E-state index is -0.431. The Bertz CT molecular complexity index is 1390. The molecule has 2 N–H and O–H groups in total.